The lowest BCUT2D eigenvalue weighted by Gasteiger charge is -2.17. The number of rotatable bonds is 3. The molecule has 1 aromatic heterocycles. The molecule has 16 heavy (non-hydrogen) atoms. The van der Waals surface area contributed by atoms with Gasteiger partial charge in [0.1, 0.15) is 0 Å². The van der Waals surface area contributed by atoms with Crippen LogP contribution >= 0.6 is 0 Å². The van der Waals surface area contributed by atoms with E-state index in [0.717, 1.165) is 23.1 Å². The van der Waals surface area contributed by atoms with Crippen LogP contribution in [0.3, 0.4) is 0 Å². The summed E-state index contributed by atoms with van der Waals surface area (Å²) in [6.07, 6.45) is 2.79. The molecule has 0 amide bonds. The Kier molecular flexibility index (Phi) is 3.15. The molecule has 0 fully saturated rings. The van der Waals surface area contributed by atoms with Gasteiger partial charge in [-0.2, -0.15) is 0 Å². The van der Waals surface area contributed by atoms with Gasteiger partial charge in [0.15, 0.2) is 0 Å². The summed E-state index contributed by atoms with van der Waals surface area (Å²) in [4.78, 5) is 9.00. The van der Waals surface area contributed by atoms with Gasteiger partial charge in [-0.3, -0.25) is 4.98 Å². The molecule has 0 radical (unpaired) electrons. The van der Waals surface area contributed by atoms with Crippen molar-refractivity contribution in [3.8, 4) is 0 Å². The fourth-order valence-corrected chi connectivity index (χ4v) is 1.76. The van der Waals surface area contributed by atoms with Gasteiger partial charge in [-0.15, -0.1) is 0 Å². The van der Waals surface area contributed by atoms with Crippen LogP contribution in [0.5, 0.6) is 0 Å². The van der Waals surface area contributed by atoms with E-state index in [0.29, 0.717) is 0 Å². The van der Waals surface area contributed by atoms with Crippen molar-refractivity contribution in [1.29, 1.82) is 0 Å². The zero-order valence-corrected chi connectivity index (χ0v) is 9.72. The van der Waals surface area contributed by atoms with Gasteiger partial charge in [-0.25, -0.2) is 4.98 Å². The Hall–Kier alpha value is -1.48. The molecule has 0 aliphatic carbocycles. The molecule has 3 heteroatoms. The van der Waals surface area contributed by atoms with Crippen LogP contribution in [0.2, 0.25) is 0 Å². The lowest BCUT2D eigenvalue weighted by Crippen LogP contribution is -2.26. The lowest BCUT2D eigenvalue weighted by molar-refractivity contribution is 0.541. The van der Waals surface area contributed by atoms with Gasteiger partial charge >= 0.3 is 0 Å². The first-order chi connectivity index (χ1) is 7.72. The Labute approximate surface area is 95.7 Å². The van der Waals surface area contributed by atoms with Gasteiger partial charge in [-0.05, 0) is 18.6 Å². The van der Waals surface area contributed by atoms with Gasteiger partial charge < -0.3 is 5.73 Å². The zero-order chi connectivity index (χ0) is 11.5. The molecule has 1 heterocycles. The highest BCUT2D eigenvalue weighted by Crippen LogP contribution is 2.19. The summed E-state index contributed by atoms with van der Waals surface area (Å²) in [5, 5.41) is 0. The standard InChI is InChI=1S/C13H17N3/c1-3-10(14)9(2)13-8-15-11-6-4-5-7-12(11)16-13/h4-10H,3,14H2,1-2H3. The van der Waals surface area contributed by atoms with Crippen molar-refractivity contribution in [3.63, 3.8) is 0 Å². The monoisotopic (exact) mass is 215 g/mol. The van der Waals surface area contributed by atoms with Crippen molar-refractivity contribution < 1.29 is 0 Å². The van der Waals surface area contributed by atoms with Crippen LogP contribution in [-0.2, 0) is 0 Å². The molecule has 1 aromatic carbocycles. The summed E-state index contributed by atoms with van der Waals surface area (Å²) in [6, 6.07) is 8.05. The second-order valence-electron chi connectivity index (χ2n) is 4.14. The van der Waals surface area contributed by atoms with Crippen molar-refractivity contribution in [2.45, 2.75) is 32.2 Å². The van der Waals surface area contributed by atoms with Crippen molar-refractivity contribution in [3.05, 3.63) is 36.2 Å². The van der Waals surface area contributed by atoms with Gasteiger partial charge in [0, 0.05) is 18.2 Å². The smallest absolute Gasteiger partial charge is 0.0890 e. The molecule has 0 spiro atoms. The van der Waals surface area contributed by atoms with Crippen LogP contribution in [0.25, 0.3) is 11.0 Å². The Morgan fingerprint density at radius 3 is 2.62 bits per heavy atom. The Morgan fingerprint density at radius 1 is 1.25 bits per heavy atom. The van der Waals surface area contributed by atoms with E-state index in [1.807, 2.05) is 30.5 Å². The molecule has 0 aliphatic heterocycles. The van der Waals surface area contributed by atoms with E-state index in [9.17, 15) is 0 Å². The number of nitrogens with zero attached hydrogens (tertiary/aromatic N) is 2. The minimum atomic E-state index is 0.149. The number of benzene rings is 1. The predicted octanol–water partition coefficient (Wildman–Crippen LogP) is 2.47. The highest BCUT2D eigenvalue weighted by atomic mass is 14.8. The van der Waals surface area contributed by atoms with E-state index in [1.54, 1.807) is 0 Å². The number of fused-ring (bicyclic) bond motifs is 1. The summed E-state index contributed by atoms with van der Waals surface area (Å²) in [6.45, 7) is 4.20. The highest BCUT2D eigenvalue weighted by Gasteiger charge is 2.14. The largest absolute Gasteiger partial charge is 0.327 e. The summed E-state index contributed by atoms with van der Waals surface area (Å²) in [5.74, 6) is 0.252. The van der Waals surface area contributed by atoms with Crippen LogP contribution in [0.1, 0.15) is 31.9 Å². The topological polar surface area (TPSA) is 51.8 Å². The lowest BCUT2D eigenvalue weighted by atomic mass is 9.97. The highest BCUT2D eigenvalue weighted by molar-refractivity contribution is 5.73. The molecule has 0 saturated heterocycles. The molecule has 2 rings (SSSR count). The molecule has 2 N–H and O–H groups in total. The van der Waals surface area contributed by atoms with Gasteiger partial charge in [0.2, 0.25) is 0 Å². The maximum atomic E-state index is 6.02. The first-order valence-electron chi connectivity index (χ1n) is 5.69. The average Bonchev–Trinajstić information content (AvgIpc) is 2.36. The molecule has 2 aromatic rings. The second-order valence-corrected chi connectivity index (χ2v) is 4.14. The molecule has 0 bridgehead atoms. The fraction of sp³-hybridized carbons (Fsp3) is 0.385. The Bertz CT molecular complexity index is 481. The minimum Gasteiger partial charge on any atom is -0.327 e. The molecule has 0 saturated carbocycles. The van der Waals surface area contributed by atoms with Crippen LogP contribution in [0.15, 0.2) is 30.5 Å². The van der Waals surface area contributed by atoms with Crippen molar-refractivity contribution in [1.82, 2.24) is 9.97 Å². The summed E-state index contributed by atoms with van der Waals surface area (Å²) in [5.41, 5.74) is 8.88. The molecule has 0 aliphatic rings. The van der Waals surface area contributed by atoms with E-state index >= 15 is 0 Å². The van der Waals surface area contributed by atoms with Crippen molar-refractivity contribution in [2.75, 3.05) is 0 Å². The van der Waals surface area contributed by atoms with E-state index in [-0.39, 0.29) is 12.0 Å². The summed E-state index contributed by atoms with van der Waals surface area (Å²) in [7, 11) is 0. The molecule has 2 unspecified atom stereocenters. The van der Waals surface area contributed by atoms with Crippen molar-refractivity contribution >= 4 is 11.0 Å². The van der Waals surface area contributed by atoms with Gasteiger partial charge in [0.25, 0.3) is 0 Å². The minimum absolute atomic E-state index is 0.149. The van der Waals surface area contributed by atoms with Crippen LogP contribution in [-0.4, -0.2) is 16.0 Å². The molecular formula is C13H17N3. The van der Waals surface area contributed by atoms with Crippen LogP contribution in [0.4, 0.5) is 0 Å². The first-order valence-corrected chi connectivity index (χ1v) is 5.69. The van der Waals surface area contributed by atoms with E-state index in [4.69, 9.17) is 5.73 Å². The SMILES string of the molecule is CCC(N)C(C)c1cnc2ccccc2n1. The normalized spacial score (nSPS) is 14.9. The third kappa shape index (κ3) is 2.04. The predicted molar refractivity (Wildman–Crippen MR) is 66.2 cm³/mol. The third-order valence-electron chi connectivity index (χ3n) is 3.05. The number of nitrogens with two attached hydrogens (primary N) is 1. The van der Waals surface area contributed by atoms with E-state index in [2.05, 4.69) is 23.8 Å². The number of aromatic nitrogens is 2. The quantitative estimate of drug-likeness (QED) is 0.855. The summed E-state index contributed by atoms with van der Waals surface area (Å²) >= 11 is 0. The number of hydrogen-bond donors (Lipinski definition) is 1. The van der Waals surface area contributed by atoms with Crippen molar-refractivity contribution in [2.24, 2.45) is 5.73 Å². The van der Waals surface area contributed by atoms with E-state index < -0.39 is 0 Å². The molecule has 2 atom stereocenters. The van der Waals surface area contributed by atoms with Crippen LogP contribution < -0.4 is 5.73 Å². The zero-order valence-electron chi connectivity index (χ0n) is 9.72. The Balaban J connectivity index is 2.39. The molecule has 3 nitrogen and oxygen atoms in total. The summed E-state index contributed by atoms with van der Waals surface area (Å²) < 4.78 is 0. The first kappa shape index (κ1) is 11.0. The Morgan fingerprint density at radius 2 is 1.94 bits per heavy atom. The van der Waals surface area contributed by atoms with Gasteiger partial charge in [0.05, 0.1) is 16.7 Å². The van der Waals surface area contributed by atoms with E-state index in [1.165, 1.54) is 0 Å². The van der Waals surface area contributed by atoms with Gasteiger partial charge in [-0.1, -0.05) is 26.0 Å². The second kappa shape index (κ2) is 4.58. The maximum absolute atomic E-state index is 6.02. The average molecular weight is 215 g/mol. The third-order valence-corrected chi connectivity index (χ3v) is 3.05. The number of hydrogen-bond acceptors (Lipinski definition) is 3. The molecular weight excluding hydrogens is 198 g/mol. The maximum Gasteiger partial charge on any atom is 0.0890 e. The number of para-hydroxylation sites is 2. The van der Waals surface area contributed by atoms with Crippen LogP contribution in [0, 0.1) is 0 Å². The molecule has 84 valence electrons. The fourth-order valence-electron chi connectivity index (χ4n) is 1.76.